The van der Waals surface area contributed by atoms with E-state index in [-0.39, 0.29) is 5.95 Å². The summed E-state index contributed by atoms with van der Waals surface area (Å²) in [4.78, 5) is 14.9. The van der Waals surface area contributed by atoms with E-state index in [2.05, 4.69) is 38.3 Å². The third-order valence-electron chi connectivity index (χ3n) is 2.98. The lowest BCUT2D eigenvalue weighted by Gasteiger charge is -2.16. The Hall–Kier alpha value is -1.24. The number of nitrogens with two attached hydrogens (primary N) is 1. The van der Waals surface area contributed by atoms with Gasteiger partial charge in [-0.25, -0.2) is 0 Å². The van der Waals surface area contributed by atoms with Gasteiger partial charge in [0.15, 0.2) is 0 Å². The van der Waals surface area contributed by atoms with E-state index in [1.54, 1.807) is 11.8 Å². The van der Waals surface area contributed by atoms with Crippen molar-refractivity contribution in [2.24, 2.45) is 0 Å². The van der Waals surface area contributed by atoms with Crippen LogP contribution in [0.2, 0.25) is 0 Å². The average Bonchev–Trinajstić information content (AvgIpc) is 2.89. The van der Waals surface area contributed by atoms with Gasteiger partial charge in [0.1, 0.15) is 0 Å². The van der Waals surface area contributed by atoms with Gasteiger partial charge in [-0.15, -0.1) is 0 Å². The summed E-state index contributed by atoms with van der Waals surface area (Å²) in [5.41, 5.74) is 5.73. The number of aromatic nitrogens is 3. The predicted octanol–water partition coefficient (Wildman–Crippen LogP) is 1.22. The van der Waals surface area contributed by atoms with Crippen LogP contribution in [-0.4, -0.2) is 46.1 Å². The number of nitrogens with one attached hydrogen (secondary N) is 1. The van der Waals surface area contributed by atoms with E-state index in [0.717, 1.165) is 19.6 Å². The second-order valence-electron chi connectivity index (χ2n) is 4.44. The lowest BCUT2D eigenvalue weighted by Crippen LogP contribution is -2.23. The molecule has 1 aliphatic rings. The summed E-state index contributed by atoms with van der Waals surface area (Å²) in [5, 5.41) is 3.72. The van der Waals surface area contributed by atoms with Crippen molar-refractivity contribution in [1.29, 1.82) is 0 Å². The van der Waals surface area contributed by atoms with Crippen LogP contribution in [0.5, 0.6) is 0 Å². The molecule has 0 aliphatic carbocycles. The van der Waals surface area contributed by atoms with Crippen molar-refractivity contribution in [2.45, 2.75) is 25.0 Å². The van der Waals surface area contributed by atoms with Gasteiger partial charge in [0.2, 0.25) is 17.8 Å². The number of hydrogen-bond acceptors (Lipinski definition) is 7. The molecular formula is C11H20N6S. The summed E-state index contributed by atoms with van der Waals surface area (Å²) < 4.78 is 0. The van der Waals surface area contributed by atoms with E-state index >= 15 is 0 Å². The minimum absolute atomic E-state index is 0.284. The summed E-state index contributed by atoms with van der Waals surface area (Å²) in [6, 6.07) is 0. The SMILES string of the molecule is CSC(C)CNc1nc(N)nc(N2CCCC2)n1. The molecule has 7 heteroatoms. The Morgan fingerprint density at radius 1 is 1.33 bits per heavy atom. The largest absolute Gasteiger partial charge is 0.368 e. The van der Waals surface area contributed by atoms with E-state index < -0.39 is 0 Å². The quantitative estimate of drug-likeness (QED) is 0.831. The molecule has 6 nitrogen and oxygen atoms in total. The zero-order chi connectivity index (χ0) is 13.0. The van der Waals surface area contributed by atoms with E-state index in [1.165, 1.54) is 12.8 Å². The molecule has 2 heterocycles. The number of nitrogen functional groups attached to an aromatic ring is 1. The van der Waals surface area contributed by atoms with Crippen LogP contribution < -0.4 is 16.0 Å². The molecule has 100 valence electrons. The van der Waals surface area contributed by atoms with E-state index in [1.807, 2.05) is 0 Å². The van der Waals surface area contributed by atoms with Crippen LogP contribution in [0.3, 0.4) is 0 Å². The summed E-state index contributed by atoms with van der Waals surface area (Å²) in [7, 11) is 0. The van der Waals surface area contributed by atoms with Crippen LogP contribution in [0.4, 0.5) is 17.8 Å². The van der Waals surface area contributed by atoms with Crippen LogP contribution in [0.25, 0.3) is 0 Å². The Morgan fingerprint density at radius 3 is 2.72 bits per heavy atom. The highest BCUT2D eigenvalue weighted by Gasteiger charge is 2.16. The van der Waals surface area contributed by atoms with Crippen LogP contribution in [0.15, 0.2) is 0 Å². The van der Waals surface area contributed by atoms with Gasteiger partial charge in [-0.3, -0.25) is 0 Å². The molecule has 3 N–H and O–H groups in total. The molecule has 18 heavy (non-hydrogen) atoms. The Balaban J connectivity index is 2.06. The number of thioether (sulfide) groups is 1. The molecule has 1 saturated heterocycles. The van der Waals surface area contributed by atoms with Gasteiger partial charge in [0.05, 0.1) is 0 Å². The molecule has 0 radical (unpaired) electrons. The zero-order valence-electron chi connectivity index (χ0n) is 10.9. The second kappa shape index (κ2) is 6.08. The van der Waals surface area contributed by atoms with Crippen molar-refractivity contribution in [1.82, 2.24) is 15.0 Å². The molecule has 0 amide bonds. The maximum atomic E-state index is 5.73. The Bertz CT molecular complexity index is 393. The van der Waals surface area contributed by atoms with Crippen LogP contribution >= 0.6 is 11.8 Å². The molecule has 1 aromatic rings. The van der Waals surface area contributed by atoms with E-state index in [4.69, 9.17) is 5.73 Å². The average molecular weight is 268 g/mol. The summed E-state index contributed by atoms with van der Waals surface area (Å²) >= 11 is 1.80. The Labute approximate surface area is 112 Å². The molecule has 2 rings (SSSR count). The Morgan fingerprint density at radius 2 is 2.06 bits per heavy atom. The van der Waals surface area contributed by atoms with E-state index in [0.29, 0.717) is 17.1 Å². The first kappa shape index (κ1) is 13.2. The summed E-state index contributed by atoms with van der Waals surface area (Å²) in [6.45, 7) is 4.99. The smallest absolute Gasteiger partial charge is 0.231 e. The number of rotatable bonds is 5. The minimum atomic E-state index is 0.284. The monoisotopic (exact) mass is 268 g/mol. The molecule has 1 unspecified atom stereocenters. The molecule has 0 spiro atoms. The highest BCUT2D eigenvalue weighted by atomic mass is 32.2. The molecule has 1 atom stereocenters. The van der Waals surface area contributed by atoms with Crippen molar-refractivity contribution in [3.8, 4) is 0 Å². The van der Waals surface area contributed by atoms with Crippen LogP contribution in [-0.2, 0) is 0 Å². The molecule has 1 aromatic heterocycles. The number of anilines is 3. The van der Waals surface area contributed by atoms with Gasteiger partial charge in [-0.05, 0) is 19.1 Å². The fourth-order valence-electron chi connectivity index (χ4n) is 1.84. The van der Waals surface area contributed by atoms with Gasteiger partial charge in [0, 0.05) is 24.9 Å². The topological polar surface area (TPSA) is 80.0 Å². The van der Waals surface area contributed by atoms with Crippen molar-refractivity contribution in [2.75, 3.05) is 41.8 Å². The molecule has 1 aliphatic heterocycles. The lowest BCUT2D eigenvalue weighted by atomic mass is 10.4. The first-order valence-electron chi connectivity index (χ1n) is 6.22. The minimum Gasteiger partial charge on any atom is -0.368 e. The summed E-state index contributed by atoms with van der Waals surface area (Å²) in [5.74, 6) is 1.55. The summed E-state index contributed by atoms with van der Waals surface area (Å²) in [6.07, 6.45) is 4.47. The van der Waals surface area contributed by atoms with Crippen molar-refractivity contribution in [3.05, 3.63) is 0 Å². The second-order valence-corrected chi connectivity index (χ2v) is 5.71. The fraction of sp³-hybridized carbons (Fsp3) is 0.727. The van der Waals surface area contributed by atoms with Crippen molar-refractivity contribution in [3.63, 3.8) is 0 Å². The third-order valence-corrected chi connectivity index (χ3v) is 3.95. The van der Waals surface area contributed by atoms with Gasteiger partial charge >= 0.3 is 0 Å². The maximum Gasteiger partial charge on any atom is 0.231 e. The Kier molecular flexibility index (Phi) is 4.46. The van der Waals surface area contributed by atoms with Crippen molar-refractivity contribution < 1.29 is 0 Å². The van der Waals surface area contributed by atoms with Gasteiger partial charge < -0.3 is 16.0 Å². The fourth-order valence-corrected chi connectivity index (χ4v) is 2.09. The normalized spacial score (nSPS) is 16.9. The first-order chi connectivity index (χ1) is 8.69. The van der Waals surface area contributed by atoms with Gasteiger partial charge in [-0.1, -0.05) is 6.92 Å². The highest BCUT2D eigenvalue weighted by Crippen LogP contribution is 2.17. The van der Waals surface area contributed by atoms with Gasteiger partial charge in [0.25, 0.3) is 0 Å². The molecule has 1 fully saturated rings. The zero-order valence-corrected chi connectivity index (χ0v) is 11.7. The molecule has 0 saturated carbocycles. The first-order valence-corrected chi connectivity index (χ1v) is 7.51. The molecule has 0 bridgehead atoms. The standard InChI is InChI=1S/C11H20N6S/c1-8(18-2)7-13-10-14-9(12)15-11(16-10)17-5-3-4-6-17/h8H,3-7H2,1-2H3,(H3,12,13,14,15,16). The number of nitrogens with zero attached hydrogens (tertiary/aromatic N) is 4. The van der Waals surface area contributed by atoms with Crippen LogP contribution in [0.1, 0.15) is 19.8 Å². The van der Waals surface area contributed by atoms with E-state index in [9.17, 15) is 0 Å². The van der Waals surface area contributed by atoms with Crippen molar-refractivity contribution >= 4 is 29.6 Å². The number of hydrogen-bond donors (Lipinski definition) is 2. The lowest BCUT2D eigenvalue weighted by molar-refractivity contribution is 0.877. The maximum absolute atomic E-state index is 5.73. The van der Waals surface area contributed by atoms with Crippen LogP contribution in [0, 0.1) is 0 Å². The third kappa shape index (κ3) is 3.38. The highest BCUT2D eigenvalue weighted by molar-refractivity contribution is 7.99. The van der Waals surface area contributed by atoms with Gasteiger partial charge in [-0.2, -0.15) is 26.7 Å². The predicted molar refractivity (Wildman–Crippen MR) is 77.2 cm³/mol. The molecule has 0 aromatic carbocycles. The molecular weight excluding hydrogens is 248 g/mol.